The molecule has 7 heteroatoms. The molecule has 0 radical (unpaired) electrons. The van der Waals surface area contributed by atoms with Gasteiger partial charge in [0.2, 0.25) is 0 Å². The zero-order valence-electron chi connectivity index (χ0n) is 11.4. The number of aliphatic hydroxyl groups is 1. The summed E-state index contributed by atoms with van der Waals surface area (Å²) in [5.74, 6) is 0.709. The topological polar surface area (TPSA) is 70.9 Å². The highest BCUT2D eigenvalue weighted by Gasteiger charge is 2.15. The summed E-state index contributed by atoms with van der Waals surface area (Å²) in [7, 11) is 0. The third-order valence-corrected chi connectivity index (χ3v) is 5.08. The average molecular weight is 318 g/mol. The molecule has 3 aromatic rings. The van der Waals surface area contributed by atoms with Crippen molar-refractivity contribution in [3.8, 4) is 0 Å². The Bertz CT molecular complexity index is 732. The van der Waals surface area contributed by atoms with Gasteiger partial charge in [0.15, 0.2) is 9.99 Å². The van der Waals surface area contributed by atoms with E-state index >= 15 is 0 Å². The minimum atomic E-state index is -0.205. The van der Waals surface area contributed by atoms with Crippen LogP contribution in [0.15, 0.2) is 41.0 Å². The summed E-state index contributed by atoms with van der Waals surface area (Å²) in [5.41, 5.74) is 1.70. The minimum absolute atomic E-state index is 0.0102. The van der Waals surface area contributed by atoms with Crippen molar-refractivity contribution in [3.63, 3.8) is 0 Å². The van der Waals surface area contributed by atoms with Crippen molar-refractivity contribution in [2.24, 2.45) is 0 Å². The number of benzene rings is 1. The number of thioether (sulfide) groups is 1. The molecule has 2 heterocycles. The molecular weight excluding hydrogens is 304 g/mol. The summed E-state index contributed by atoms with van der Waals surface area (Å²) in [4.78, 5) is 12.9. The Labute approximate surface area is 130 Å². The molecule has 21 heavy (non-hydrogen) atoms. The molecule has 3 rings (SSSR count). The van der Waals surface area contributed by atoms with E-state index in [0.717, 1.165) is 14.6 Å². The number of aliphatic hydroxyl groups excluding tert-OH is 1. The molecule has 0 spiro atoms. The van der Waals surface area contributed by atoms with E-state index in [0.29, 0.717) is 11.5 Å². The molecule has 0 aliphatic rings. The predicted octanol–water partition coefficient (Wildman–Crippen LogP) is 2.95. The van der Waals surface area contributed by atoms with Crippen molar-refractivity contribution in [2.75, 3.05) is 18.2 Å². The van der Waals surface area contributed by atoms with E-state index in [2.05, 4.69) is 20.3 Å². The first-order chi connectivity index (χ1) is 10.3. The molecule has 0 aliphatic heterocycles. The second-order valence-electron chi connectivity index (χ2n) is 4.35. The molecule has 108 valence electrons. The molecular formula is C14H14N4OS2. The Hall–Kier alpha value is -1.70. The van der Waals surface area contributed by atoms with E-state index in [-0.39, 0.29) is 12.6 Å². The van der Waals surface area contributed by atoms with Gasteiger partial charge in [0.05, 0.1) is 12.6 Å². The molecule has 2 aromatic heterocycles. The van der Waals surface area contributed by atoms with Crippen LogP contribution in [0.1, 0.15) is 11.6 Å². The average Bonchev–Trinajstić information content (AvgIpc) is 2.97. The summed E-state index contributed by atoms with van der Waals surface area (Å²) in [6.07, 6.45) is 3.48. The first kappa shape index (κ1) is 14.2. The Morgan fingerprint density at radius 3 is 2.81 bits per heavy atom. The number of rotatable bonds is 5. The maximum absolute atomic E-state index is 9.64. The van der Waals surface area contributed by atoms with Crippen molar-refractivity contribution in [2.45, 2.75) is 10.4 Å². The fraction of sp³-hybridized carbons (Fsp3) is 0.214. The van der Waals surface area contributed by atoms with Gasteiger partial charge in [0, 0.05) is 0 Å². The summed E-state index contributed by atoms with van der Waals surface area (Å²) >= 11 is 3.14. The van der Waals surface area contributed by atoms with Crippen LogP contribution in [0.5, 0.6) is 0 Å². The minimum Gasteiger partial charge on any atom is -0.394 e. The van der Waals surface area contributed by atoms with Crippen molar-refractivity contribution in [1.29, 1.82) is 0 Å². The molecule has 2 N–H and O–H groups in total. The van der Waals surface area contributed by atoms with Gasteiger partial charge in [0.1, 0.15) is 16.8 Å². The SMILES string of the molecule is CSc1nc2ncnc(NC(CO)c3ccccc3)c2s1. The van der Waals surface area contributed by atoms with Crippen LogP contribution < -0.4 is 5.32 Å². The highest BCUT2D eigenvalue weighted by molar-refractivity contribution is 8.00. The maximum Gasteiger partial charge on any atom is 0.176 e. The highest BCUT2D eigenvalue weighted by Crippen LogP contribution is 2.32. The molecule has 1 unspecified atom stereocenters. The van der Waals surface area contributed by atoms with E-state index < -0.39 is 0 Å². The van der Waals surface area contributed by atoms with Crippen molar-refractivity contribution < 1.29 is 5.11 Å². The number of nitrogens with zero attached hydrogens (tertiary/aromatic N) is 3. The molecule has 0 amide bonds. The first-order valence-corrected chi connectivity index (χ1v) is 8.44. The lowest BCUT2D eigenvalue weighted by atomic mass is 10.1. The summed E-state index contributed by atoms with van der Waals surface area (Å²) in [6.45, 7) is -0.0102. The molecule has 0 saturated carbocycles. The number of aromatic nitrogens is 3. The third-order valence-electron chi connectivity index (χ3n) is 3.04. The molecule has 1 aromatic carbocycles. The standard InChI is InChI=1S/C14H14N4OS2/c1-20-14-18-13-11(21-14)12(15-8-16-13)17-10(7-19)9-5-3-2-4-6-9/h2-6,8,10,19H,7H2,1H3,(H,15,16,17). The lowest BCUT2D eigenvalue weighted by molar-refractivity contribution is 0.276. The lowest BCUT2D eigenvalue weighted by Crippen LogP contribution is -2.15. The number of anilines is 1. The van der Waals surface area contributed by atoms with Crippen LogP contribution in [0, 0.1) is 0 Å². The Morgan fingerprint density at radius 2 is 2.10 bits per heavy atom. The van der Waals surface area contributed by atoms with Gasteiger partial charge in [-0.3, -0.25) is 0 Å². The van der Waals surface area contributed by atoms with Crippen molar-refractivity contribution >= 4 is 39.3 Å². The van der Waals surface area contributed by atoms with E-state index in [9.17, 15) is 5.11 Å². The van der Waals surface area contributed by atoms with Crippen LogP contribution in [0.3, 0.4) is 0 Å². The van der Waals surface area contributed by atoms with Gasteiger partial charge in [-0.1, -0.05) is 42.1 Å². The van der Waals surface area contributed by atoms with Gasteiger partial charge in [0.25, 0.3) is 0 Å². The fourth-order valence-corrected chi connectivity index (χ4v) is 3.48. The van der Waals surface area contributed by atoms with Crippen molar-refractivity contribution in [1.82, 2.24) is 15.0 Å². The van der Waals surface area contributed by atoms with Gasteiger partial charge < -0.3 is 10.4 Å². The lowest BCUT2D eigenvalue weighted by Gasteiger charge is -2.17. The first-order valence-electron chi connectivity index (χ1n) is 6.39. The van der Waals surface area contributed by atoms with Crippen LogP contribution in [0.25, 0.3) is 10.3 Å². The van der Waals surface area contributed by atoms with Gasteiger partial charge >= 0.3 is 0 Å². The Morgan fingerprint density at radius 1 is 1.29 bits per heavy atom. The second-order valence-corrected chi connectivity index (χ2v) is 6.40. The van der Waals surface area contributed by atoms with Gasteiger partial charge in [-0.05, 0) is 11.8 Å². The second kappa shape index (κ2) is 6.38. The highest BCUT2D eigenvalue weighted by atomic mass is 32.2. The molecule has 0 aliphatic carbocycles. The normalized spacial score (nSPS) is 12.5. The molecule has 0 fully saturated rings. The number of nitrogens with one attached hydrogen (secondary N) is 1. The Kier molecular flexibility index (Phi) is 4.33. The number of hydrogen-bond donors (Lipinski definition) is 2. The smallest absolute Gasteiger partial charge is 0.176 e. The molecule has 5 nitrogen and oxygen atoms in total. The summed E-state index contributed by atoms with van der Waals surface area (Å²) < 4.78 is 1.87. The van der Waals surface area contributed by atoms with E-state index in [1.807, 2.05) is 36.6 Å². The van der Waals surface area contributed by atoms with Crippen LogP contribution >= 0.6 is 23.1 Å². The monoisotopic (exact) mass is 318 g/mol. The largest absolute Gasteiger partial charge is 0.394 e. The Balaban J connectivity index is 1.95. The van der Waals surface area contributed by atoms with E-state index in [1.54, 1.807) is 23.1 Å². The quantitative estimate of drug-likeness (QED) is 0.705. The molecule has 1 atom stereocenters. The van der Waals surface area contributed by atoms with Crippen LogP contribution in [-0.2, 0) is 0 Å². The third kappa shape index (κ3) is 2.99. The van der Waals surface area contributed by atoms with Gasteiger partial charge in [-0.15, -0.1) is 11.3 Å². The van der Waals surface area contributed by atoms with Crippen molar-refractivity contribution in [3.05, 3.63) is 42.2 Å². The van der Waals surface area contributed by atoms with Crippen LogP contribution in [0.2, 0.25) is 0 Å². The van der Waals surface area contributed by atoms with E-state index in [1.165, 1.54) is 6.33 Å². The number of thiazole rings is 1. The zero-order chi connectivity index (χ0) is 14.7. The number of hydrogen-bond acceptors (Lipinski definition) is 7. The number of fused-ring (bicyclic) bond motifs is 1. The molecule has 0 saturated heterocycles. The van der Waals surface area contributed by atoms with Gasteiger partial charge in [-0.25, -0.2) is 15.0 Å². The van der Waals surface area contributed by atoms with Gasteiger partial charge in [-0.2, -0.15) is 0 Å². The predicted molar refractivity (Wildman–Crippen MR) is 86.9 cm³/mol. The maximum atomic E-state index is 9.64. The zero-order valence-corrected chi connectivity index (χ0v) is 13.0. The van der Waals surface area contributed by atoms with E-state index in [4.69, 9.17) is 0 Å². The van der Waals surface area contributed by atoms with Crippen LogP contribution in [0.4, 0.5) is 5.82 Å². The fourth-order valence-electron chi connectivity index (χ4n) is 2.01. The summed E-state index contributed by atoms with van der Waals surface area (Å²) in [6, 6.07) is 9.61. The summed E-state index contributed by atoms with van der Waals surface area (Å²) in [5, 5.41) is 12.9. The molecule has 0 bridgehead atoms. The van der Waals surface area contributed by atoms with Crippen LogP contribution in [-0.4, -0.2) is 32.9 Å².